The molecule has 140 valence electrons. The number of benzene rings is 1. The second kappa shape index (κ2) is 7.28. The van der Waals surface area contributed by atoms with E-state index in [9.17, 15) is 22.8 Å². The molecular formula is C17H18F3N3O3. The van der Waals surface area contributed by atoms with Gasteiger partial charge in [-0.2, -0.15) is 13.2 Å². The quantitative estimate of drug-likeness (QED) is 0.849. The molecule has 0 fully saturated rings. The predicted molar refractivity (Wildman–Crippen MR) is 87.5 cm³/mol. The Kier molecular flexibility index (Phi) is 5.50. The van der Waals surface area contributed by atoms with Gasteiger partial charge in [0.1, 0.15) is 18.1 Å². The maximum atomic E-state index is 12.7. The number of rotatable bonds is 5. The van der Waals surface area contributed by atoms with Gasteiger partial charge in [0.25, 0.3) is 11.5 Å². The molecule has 6 nitrogen and oxygen atoms in total. The summed E-state index contributed by atoms with van der Waals surface area (Å²) in [6, 6.07) is 5.53. The van der Waals surface area contributed by atoms with Crippen molar-refractivity contribution in [2.24, 2.45) is 0 Å². The van der Waals surface area contributed by atoms with Crippen LogP contribution in [0.5, 0.6) is 0 Å². The molecule has 0 aliphatic heterocycles. The summed E-state index contributed by atoms with van der Waals surface area (Å²) >= 11 is 0. The van der Waals surface area contributed by atoms with Gasteiger partial charge in [-0.25, -0.2) is 4.98 Å². The number of carbonyl (C=O) groups is 1. The third kappa shape index (κ3) is 4.69. The fourth-order valence-corrected chi connectivity index (χ4v) is 2.33. The Labute approximate surface area is 147 Å². The molecule has 2 rings (SSSR count). The largest absolute Gasteiger partial charge is 0.416 e. The van der Waals surface area contributed by atoms with E-state index in [2.05, 4.69) is 15.3 Å². The maximum absolute atomic E-state index is 12.7. The molecule has 0 radical (unpaired) electrons. The average Bonchev–Trinajstić information content (AvgIpc) is 2.53. The average molecular weight is 369 g/mol. The number of methoxy groups -OCH3 is 1. The summed E-state index contributed by atoms with van der Waals surface area (Å²) in [4.78, 5) is 30.5. The van der Waals surface area contributed by atoms with Crippen molar-refractivity contribution >= 4 is 5.91 Å². The van der Waals surface area contributed by atoms with E-state index < -0.39 is 28.7 Å². The molecule has 1 aromatic carbocycles. The lowest BCUT2D eigenvalue weighted by Crippen LogP contribution is -2.41. The molecule has 1 aromatic heterocycles. The fourth-order valence-electron chi connectivity index (χ4n) is 2.33. The van der Waals surface area contributed by atoms with E-state index in [-0.39, 0.29) is 18.1 Å². The van der Waals surface area contributed by atoms with Crippen LogP contribution >= 0.6 is 0 Å². The van der Waals surface area contributed by atoms with Crippen LogP contribution in [0.3, 0.4) is 0 Å². The molecule has 26 heavy (non-hydrogen) atoms. The van der Waals surface area contributed by atoms with Crippen molar-refractivity contribution in [1.82, 2.24) is 15.3 Å². The number of aromatic amines is 1. The van der Waals surface area contributed by atoms with Crippen molar-refractivity contribution in [2.75, 3.05) is 7.11 Å². The summed E-state index contributed by atoms with van der Waals surface area (Å²) < 4.78 is 42.9. The molecule has 9 heteroatoms. The number of amides is 1. The molecule has 2 aromatic rings. The Bertz CT molecular complexity index is 843. The monoisotopic (exact) mass is 369 g/mol. The minimum atomic E-state index is -4.43. The van der Waals surface area contributed by atoms with E-state index in [1.54, 1.807) is 13.8 Å². The van der Waals surface area contributed by atoms with Crippen LogP contribution in [-0.2, 0) is 23.1 Å². The summed E-state index contributed by atoms with van der Waals surface area (Å²) in [6.45, 7) is 3.30. The van der Waals surface area contributed by atoms with Crippen molar-refractivity contribution in [2.45, 2.75) is 32.2 Å². The van der Waals surface area contributed by atoms with E-state index in [4.69, 9.17) is 4.74 Å². The first-order valence-electron chi connectivity index (χ1n) is 7.62. The number of hydrogen-bond donors (Lipinski definition) is 2. The second-order valence-corrected chi connectivity index (χ2v) is 6.16. The van der Waals surface area contributed by atoms with Gasteiger partial charge in [0.2, 0.25) is 0 Å². The first kappa shape index (κ1) is 19.6. The van der Waals surface area contributed by atoms with Gasteiger partial charge >= 0.3 is 6.18 Å². The molecule has 1 heterocycles. The van der Waals surface area contributed by atoms with Crippen LogP contribution < -0.4 is 10.9 Å². The summed E-state index contributed by atoms with van der Waals surface area (Å²) in [6.07, 6.45) is -4.43. The predicted octanol–water partition coefficient (Wildman–Crippen LogP) is 2.60. The minimum absolute atomic E-state index is 0.0264. The Balaban J connectivity index is 2.23. The highest BCUT2D eigenvalue weighted by Crippen LogP contribution is 2.30. The maximum Gasteiger partial charge on any atom is 0.416 e. The Hall–Kier alpha value is -2.68. The van der Waals surface area contributed by atoms with Gasteiger partial charge in [-0.3, -0.25) is 9.59 Å². The Morgan fingerprint density at radius 3 is 2.31 bits per heavy atom. The summed E-state index contributed by atoms with van der Waals surface area (Å²) in [7, 11) is 1.42. The number of alkyl halides is 3. The number of halogens is 3. The molecule has 0 aliphatic carbocycles. The minimum Gasteiger partial charge on any atom is -0.377 e. The van der Waals surface area contributed by atoms with Crippen LogP contribution in [0, 0.1) is 0 Å². The molecule has 0 spiro atoms. The molecule has 0 atom stereocenters. The van der Waals surface area contributed by atoms with Crippen LogP contribution in [0.15, 0.2) is 35.1 Å². The van der Waals surface area contributed by atoms with Gasteiger partial charge < -0.3 is 15.0 Å². The third-order valence-electron chi connectivity index (χ3n) is 3.66. The normalized spacial score (nSPS) is 12.1. The lowest BCUT2D eigenvalue weighted by molar-refractivity contribution is -0.137. The van der Waals surface area contributed by atoms with Crippen molar-refractivity contribution in [1.29, 1.82) is 0 Å². The Morgan fingerprint density at radius 1 is 1.19 bits per heavy atom. The number of nitrogens with zero attached hydrogens (tertiary/aromatic N) is 1. The number of H-pyrrole nitrogens is 1. The van der Waals surface area contributed by atoms with Crippen LogP contribution in [0.2, 0.25) is 0 Å². The van der Waals surface area contributed by atoms with Crippen molar-refractivity contribution < 1.29 is 22.7 Å². The zero-order valence-corrected chi connectivity index (χ0v) is 14.4. The van der Waals surface area contributed by atoms with Crippen LogP contribution in [0.1, 0.15) is 41.3 Å². The van der Waals surface area contributed by atoms with Crippen molar-refractivity contribution in [3.63, 3.8) is 0 Å². The van der Waals surface area contributed by atoms with Gasteiger partial charge in [-0.1, -0.05) is 12.1 Å². The van der Waals surface area contributed by atoms with E-state index in [1.807, 2.05) is 0 Å². The molecule has 1 amide bonds. The summed E-state index contributed by atoms with van der Waals surface area (Å²) in [5, 5.41) is 2.67. The molecule has 0 bridgehead atoms. The Morgan fingerprint density at radius 2 is 1.77 bits per heavy atom. The molecule has 0 saturated carbocycles. The van der Waals surface area contributed by atoms with Gasteiger partial charge in [0.05, 0.1) is 11.1 Å². The third-order valence-corrected chi connectivity index (χ3v) is 3.66. The fraction of sp³-hybridized carbons (Fsp3) is 0.353. The number of nitrogens with one attached hydrogen (secondary N) is 2. The topological polar surface area (TPSA) is 84.1 Å². The molecular weight excluding hydrogens is 351 g/mol. The lowest BCUT2D eigenvalue weighted by Gasteiger charge is -2.27. The van der Waals surface area contributed by atoms with Crippen molar-refractivity contribution in [3.8, 4) is 0 Å². The molecule has 0 aliphatic rings. The van der Waals surface area contributed by atoms with Gasteiger partial charge in [-0.05, 0) is 31.5 Å². The summed E-state index contributed by atoms with van der Waals surface area (Å²) in [5.74, 6) is -0.434. The first-order chi connectivity index (χ1) is 12.0. The number of hydrogen-bond acceptors (Lipinski definition) is 4. The molecule has 0 unspecified atom stereocenters. The summed E-state index contributed by atoms with van der Waals surface area (Å²) in [5.41, 5.74) is -1.90. The smallest absolute Gasteiger partial charge is 0.377 e. The van der Waals surface area contributed by atoms with Gasteiger partial charge in [0, 0.05) is 13.2 Å². The van der Waals surface area contributed by atoms with Crippen molar-refractivity contribution in [3.05, 3.63) is 63.3 Å². The number of aromatic nitrogens is 2. The SMILES string of the molecule is COCc1nc(C(=O)NC(C)(C)c2ccc(C(F)(F)F)cc2)cc(=O)[nH]1. The van der Waals surface area contributed by atoms with E-state index in [1.165, 1.54) is 19.2 Å². The highest BCUT2D eigenvalue weighted by atomic mass is 19.4. The second-order valence-electron chi connectivity index (χ2n) is 6.16. The van der Waals surface area contributed by atoms with E-state index >= 15 is 0 Å². The van der Waals surface area contributed by atoms with E-state index in [0.29, 0.717) is 5.56 Å². The van der Waals surface area contributed by atoms with Crippen LogP contribution in [0.25, 0.3) is 0 Å². The zero-order valence-electron chi connectivity index (χ0n) is 14.4. The van der Waals surface area contributed by atoms with Gasteiger partial charge in [0.15, 0.2) is 0 Å². The molecule has 2 N–H and O–H groups in total. The highest BCUT2D eigenvalue weighted by molar-refractivity contribution is 5.92. The number of ether oxygens (including phenoxy) is 1. The van der Waals surface area contributed by atoms with Crippen LogP contribution in [0.4, 0.5) is 13.2 Å². The standard InChI is InChI=1S/C17H18F3N3O3/c1-16(2,10-4-6-11(7-5-10)17(18,19)20)23-15(25)12-8-14(24)22-13(21-12)9-26-3/h4-8H,9H2,1-3H3,(H,23,25)(H,21,22,24). The number of carbonyl (C=O) groups excluding carboxylic acids is 1. The molecule has 0 saturated heterocycles. The first-order valence-corrected chi connectivity index (χ1v) is 7.62. The van der Waals surface area contributed by atoms with Gasteiger partial charge in [-0.15, -0.1) is 0 Å². The lowest BCUT2D eigenvalue weighted by atomic mass is 9.93. The highest BCUT2D eigenvalue weighted by Gasteiger charge is 2.31. The van der Waals surface area contributed by atoms with E-state index in [0.717, 1.165) is 18.2 Å². The zero-order chi connectivity index (χ0) is 19.5. The van der Waals surface area contributed by atoms with Crippen LogP contribution in [-0.4, -0.2) is 23.0 Å².